The van der Waals surface area contributed by atoms with Crippen LogP contribution in [-0.2, 0) is 19.1 Å². The minimum absolute atomic E-state index is 0.0209. The molecule has 0 unspecified atom stereocenters. The number of ketones is 1. The van der Waals surface area contributed by atoms with Gasteiger partial charge in [0.1, 0.15) is 12.2 Å². The summed E-state index contributed by atoms with van der Waals surface area (Å²) in [6.07, 6.45) is 3.40. The summed E-state index contributed by atoms with van der Waals surface area (Å²) >= 11 is 0. The molecule has 1 saturated heterocycles. The van der Waals surface area contributed by atoms with E-state index >= 15 is 0 Å². The highest BCUT2D eigenvalue weighted by Crippen LogP contribution is 2.43. The van der Waals surface area contributed by atoms with Crippen LogP contribution in [0.25, 0.3) is 0 Å². The van der Waals surface area contributed by atoms with Gasteiger partial charge in [-0.1, -0.05) is 61.0 Å². The molecule has 1 heterocycles. The number of hydrogen-bond donors (Lipinski definition) is 0. The fourth-order valence-corrected chi connectivity index (χ4v) is 4.52. The Morgan fingerprint density at radius 1 is 1.13 bits per heavy atom. The van der Waals surface area contributed by atoms with Crippen LogP contribution in [0.1, 0.15) is 47.2 Å². The lowest BCUT2D eigenvalue weighted by molar-refractivity contribution is -0.141. The molecule has 5 atom stereocenters. The van der Waals surface area contributed by atoms with Crippen molar-refractivity contribution >= 4 is 17.7 Å². The Morgan fingerprint density at radius 2 is 1.90 bits per heavy atom. The first-order valence-electron chi connectivity index (χ1n) is 10.7. The van der Waals surface area contributed by atoms with Crippen LogP contribution in [0.4, 0.5) is 0 Å². The van der Waals surface area contributed by atoms with E-state index in [4.69, 9.17) is 9.47 Å². The van der Waals surface area contributed by atoms with E-state index in [1.165, 1.54) is 0 Å². The number of allylic oxidation sites excluding steroid dienone is 1. The van der Waals surface area contributed by atoms with Gasteiger partial charge in [-0.15, -0.1) is 0 Å². The molecule has 5 nitrogen and oxygen atoms in total. The summed E-state index contributed by atoms with van der Waals surface area (Å²) in [7, 11) is 0. The largest absolute Gasteiger partial charge is 0.462 e. The SMILES string of the molecule is Cc1cccc([C@@H](C)C(=O)C=C[C@@H]2[C@H]3CC(=O)O[C@H]3C[C@H]2OC(=O)c2ccccc2)c1. The van der Waals surface area contributed by atoms with Crippen LogP contribution in [-0.4, -0.2) is 29.9 Å². The third-order valence-electron chi connectivity index (χ3n) is 6.27. The van der Waals surface area contributed by atoms with E-state index in [0.29, 0.717) is 12.0 Å². The van der Waals surface area contributed by atoms with E-state index in [-0.39, 0.29) is 42.0 Å². The lowest BCUT2D eigenvalue weighted by atomic mass is 9.89. The summed E-state index contributed by atoms with van der Waals surface area (Å²) in [4.78, 5) is 37.2. The monoisotopic (exact) mass is 418 g/mol. The number of ether oxygens (including phenoxy) is 2. The standard InChI is InChI=1S/C26H26O5/c1-16-7-6-10-19(13-16)17(2)22(27)12-11-20-21-14-25(28)30-24(21)15-23(20)31-26(29)18-8-4-3-5-9-18/h3-13,17,20-21,23-24H,14-15H2,1-2H3/t17-,20-,21-,23-,24+/m1/s1. The molecular formula is C26H26O5. The van der Waals surface area contributed by atoms with Gasteiger partial charge in [0.15, 0.2) is 5.78 Å². The number of esters is 2. The van der Waals surface area contributed by atoms with Crippen LogP contribution in [0.15, 0.2) is 66.7 Å². The third-order valence-corrected chi connectivity index (χ3v) is 6.27. The smallest absolute Gasteiger partial charge is 0.338 e. The molecule has 2 aromatic rings. The van der Waals surface area contributed by atoms with Crippen molar-refractivity contribution in [1.82, 2.24) is 0 Å². The number of aryl methyl sites for hydroxylation is 1. The zero-order chi connectivity index (χ0) is 22.0. The van der Waals surface area contributed by atoms with E-state index in [1.807, 2.05) is 50.3 Å². The fraction of sp³-hybridized carbons (Fsp3) is 0.346. The maximum Gasteiger partial charge on any atom is 0.338 e. The van der Waals surface area contributed by atoms with Crippen molar-refractivity contribution in [3.05, 3.63) is 83.4 Å². The van der Waals surface area contributed by atoms with E-state index in [0.717, 1.165) is 11.1 Å². The van der Waals surface area contributed by atoms with Crippen LogP contribution >= 0.6 is 0 Å². The van der Waals surface area contributed by atoms with Crippen molar-refractivity contribution < 1.29 is 23.9 Å². The molecule has 1 saturated carbocycles. The van der Waals surface area contributed by atoms with Gasteiger partial charge in [0, 0.05) is 24.2 Å². The Morgan fingerprint density at radius 3 is 2.65 bits per heavy atom. The predicted octanol–water partition coefficient (Wildman–Crippen LogP) is 4.40. The van der Waals surface area contributed by atoms with Crippen molar-refractivity contribution in [2.45, 2.75) is 44.8 Å². The molecule has 2 aliphatic rings. The average Bonchev–Trinajstić information content (AvgIpc) is 3.27. The van der Waals surface area contributed by atoms with Gasteiger partial charge in [0.05, 0.1) is 12.0 Å². The highest BCUT2D eigenvalue weighted by molar-refractivity contribution is 5.95. The molecule has 160 valence electrons. The summed E-state index contributed by atoms with van der Waals surface area (Å²) in [5.74, 6) is -1.26. The zero-order valence-electron chi connectivity index (χ0n) is 17.7. The molecular weight excluding hydrogens is 392 g/mol. The maximum atomic E-state index is 12.8. The van der Waals surface area contributed by atoms with Gasteiger partial charge >= 0.3 is 11.9 Å². The van der Waals surface area contributed by atoms with Gasteiger partial charge in [0.2, 0.25) is 0 Å². The van der Waals surface area contributed by atoms with E-state index in [2.05, 4.69) is 0 Å². The zero-order valence-corrected chi connectivity index (χ0v) is 17.7. The van der Waals surface area contributed by atoms with Crippen LogP contribution in [0, 0.1) is 18.8 Å². The molecule has 1 aliphatic carbocycles. The summed E-state index contributed by atoms with van der Waals surface area (Å²) < 4.78 is 11.2. The first kappa shape index (κ1) is 21.0. The molecule has 31 heavy (non-hydrogen) atoms. The number of hydrogen-bond acceptors (Lipinski definition) is 5. The molecule has 0 radical (unpaired) electrons. The van der Waals surface area contributed by atoms with Crippen molar-refractivity contribution in [3.63, 3.8) is 0 Å². The number of benzene rings is 2. The second kappa shape index (κ2) is 8.88. The molecule has 0 aromatic heterocycles. The number of rotatable bonds is 6. The second-order valence-corrected chi connectivity index (χ2v) is 8.42. The first-order valence-corrected chi connectivity index (χ1v) is 10.7. The number of carbonyl (C=O) groups excluding carboxylic acids is 3. The van der Waals surface area contributed by atoms with Gasteiger partial charge in [0.25, 0.3) is 0 Å². The minimum Gasteiger partial charge on any atom is -0.462 e. The Hall–Kier alpha value is -3.21. The Kier molecular flexibility index (Phi) is 6.03. The topological polar surface area (TPSA) is 69.7 Å². The van der Waals surface area contributed by atoms with Crippen LogP contribution < -0.4 is 0 Å². The van der Waals surface area contributed by atoms with Crippen molar-refractivity contribution in [3.8, 4) is 0 Å². The number of fused-ring (bicyclic) bond motifs is 1. The highest BCUT2D eigenvalue weighted by Gasteiger charge is 2.50. The quantitative estimate of drug-likeness (QED) is 0.514. The minimum atomic E-state index is -0.436. The Labute approximate surface area is 182 Å². The summed E-state index contributed by atoms with van der Waals surface area (Å²) in [6, 6.07) is 16.7. The van der Waals surface area contributed by atoms with Crippen LogP contribution in [0.3, 0.4) is 0 Å². The van der Waals surface area contributed by atoms with Crippen molar-refractivity contribution in [2.75, 3.05) is 0 Å². The second-order valence-electron chi connectivity index (χ2n) is 8.42. The molecule has 5 heteroatoms. The van der Waals surface area contributed by atoms with E-state index < -0.39 is 12.1 Å². The molecule has 2 aromatic carbocycles. The van der Waals surface area contributed by atoms with Gasteiger partial charge < -0.3 is 9.47 Å². The Bertz CT molecular complexity index is 1010. The Balaban J connectivity index is 1.50. The molecule has 2 fully saturated rings. The van der Waals surface area contributed by atoms with Gasteiger partial charge in [-0.2, -0.15) is 0 Å². The first-order chi connectivity index (χ1) is 14.9. The molecule has 0 spiro atoms. The van der Waals surface area contributed by atoms with Gasteiger partial charge in [-0.05, 0) is 30.7 Å². The molecule has 1 aliphatic heterocycles. The van der Waals surface area contributed by atoms with E-state index in [9.17, 15) is 14.4 Å². The highest BCUT2D eigenvalue weighted by atomic mass is 16.6. The normalized spacial score (nSPS) is 25.8. The lowest BCUT2D eigenvalue weighted by Crippen LogP contribution is -2.25. The summed E-state index contributed by atoms with van der Waals surface area (Å²) in [6.45, 7) is 3.88. The van der Waals surface area contributed by atoms with Crippen molar-refractivity contribution in [2.24, 2.45) is 11.8 Å². The third kappa shape index (κ3) is 4.61. The molecule has 0 N–H and O–H groups in total. The van der Waals surface area contributed by atoms with Crippen molar-refractivity contribution in [1.29, 1.82) is 0 Å². The van der Waals surface area contributed by atoms with Crippen LogP contribution in [0.5, 0.6) is 0 Å². The average molecular weight is 418 g/mol. The maximum absolute atomic E-state index is 12.8. The number of carbonyl (C=O) groups is 3. The van der Waals surface area contributed by atoms with Crippen LogP contribution in [0.2, 0.25) is 0 Å². The van der Waals surface area contributed by atoms with E-state index in [1.54, 1.807) is 30.3 Å². The van der Waals surface area contributed by atoms with Gasteiger partial charge in [-0.3, -0.25) is 9.59 Å². The molecule has 0 bridgehead atoms. The fourth-order valence-electron chi connectivity index (χ4n) is 4.52. The lowest BCUT2D eigenvalue weighted by Gasteiger charge is -2.20. The summed E-state index contributed by atoms with van der Waals surface area (Å²) in [5.41, 5.74) is 2.54. The summed E-state index contributed by atoms with van der Waals surface area (Å²) in [5, 5.41) is 0. The molecule has 4 rings (SSSR count). The van der Waals surface area contributed by atoms with Gasteiger partial charge in [-0.25, -0.2) is 4.79 Å². The molecule has 0 amide bonds. The predicted molar refractivity (Wildman–Crippen MR) is 115 cm³/mol.